The van der Waals surface area contributed by atoms with E-state index in [1.54, 1.807) is 43.6 Å². The molecule has 2 atom stereocenters. The fraction of sp³-hybridized carbons (Fsp3) is 0.227. The lowest BCUT2D eigenvalue weighted by Crippen LogP contribution is -2.32. The van der Waals surface area contributed by atoms with Crippen molar-refractivity contribution in [3.05, 3.63) is 77.8 Å². The van der Waals surface area contributed by atoms with Gasteiger partial charge >= 0.3 is 5.97 Å². The van der Waals surface area contributed by atoms with Crippen LogP contribution in [-0.2, 0) is 4.74 Å². The summed E-state index contributed by atoms with van der Waals surface area (Å²) in [6.07, 6.45) is 1.74. The number of ether oxygens (including phenoxy) is 1. The second-order valence-electron chi connectivity index (χ2n) is 6.87. The zero-order chi connectivity index (χ0) is 21.1. The van der Waals surface area contributed by atoms with Crippen molar-refractivity contribution in [3.63, 3.8) is 0 Å². The molecule has 2 aromatic heterocycles. The van der Waals surface area contributed by atoms with E-state index in [2.05, 4.69) is 10.3 Å². The average molecular weight is 423 g/mol. The molecule has 30 heavy (non-hydrogen) atoms. The van der Waals surface area contributed by atoms with Crippen LogP contribution in [0, 0.1) is 0 Å². The van der Waals surface area contributed by atoms with Gasteiger partial charge < -0.3 is 24.5 Å². The molecule has 1 aliphatic rings. The van der Waals surface area contributed by atoms with Crippen LogP contribution in [0.3, 0.4) is 0 Å². The van der Waals surface area contributed by atoms with Crippen molar-refractivity contribution >= 4 is 23.3 Å². The van der Waals surface area contributed by atoms with Gasteiger partial charge in [-0.2, -0.15) is 0 Å². The first-order valence-corrected chi connectivity index (χ1v) is 9.90. The van der Waals surface area contributed by atoms with Crippen molar-refractivity contribution in [1.29, 1.82) is 0 Å². The van der Waals surface area contributed by atoms with Crippen LogP contribution in [0.4, 0.5) is 0 Å². The molecule has 3 heterocycles. The minimum atomic E-state index is -1.000. The minimum absolute atomic E-state index is 0.191. The summed E-state index contributed by atoms with van der Waals surface area (Å²) in [6.45, 7) is 1.08. The van der Waals surface area contributed by atoms with Gasteiger partial charge in [-0.25, -0.2) is 4.79 Å². The quantitative estimate of drug-likeness (QED) is 0.557. The maximum Gasteiger partial charge on any atom is 0.336 e. The lowest BCUT2D eigenvalue weighted by atomic mass is 10.0. The Bertz CT molecular complexity index is 1050. The first-order valence-electron chi connectivity index (χ1n) is 9.49. The lowest BCUT2D eigenvalue weighted by molar-refractivity contribution is 0.0697. The van der Waals surface area contributed by atoms with Crippen LogP contribution >= 0.6 is 12.2 Å². The van der Waals surface area contributed by atoms with E-state index < -0.39 is 5.97 Å². The van der Waals surface area contributed by atoms with Crippen molar-refractivity contribution in [2.75, 3.05) is 20.3 Å². The van der Waals surface area contributed by atoms with Gasteiger partial charge in [-0.3, -0.25) is 4.98 Å². The Morgan fingerprint density at radius 2 is 2.03 bits per heavy atom. The fourth-order valence-corrected chi connectivity index (χ4v) is 4.02. The Balaban J connectivity index is 1.74. The number of nitrogens with zero attached hydrogens (tertiary/aromatic N) is 2. The molecule has 0 saturated carbocycles. The van der Waals surface area contributed by atoms with E-state index >= 15 is 0 Å². The Hall–Kier alpha value is -3.23. The molecule has 4 rings (SSSR count). The van der Waals surface area contributed by atoms with E-state index in [1.807, 2.05) is 29.2 Å². The molecule has 0 aliphatic carbocycles. The number of benzene rings is 1. The van der Waals surface area contributed by atoms with Gasteiger partial charge in [0, 0.05) is 25.4 Å². The first kappa shape index (κ1) is 20.1. The largest absolute Gasteiger partial charge is 0.478 e. The Kier molecular flexibility index (Phi) is 5.78. The maximum atomic E-state index is 11.6. The number of hydrogen-bond donors (Lipinski definition) is 2. The molecule has 1 aliphatic heterocycles. The molecule has 2 N–H and O–H groups in total. The van der Waals surface area contributed by atoms with Gasteiger partial charge in [-0.1, -0.05) is 24.3 Å². The van der Waals surface area contributed by atoms with Gasteiger partial charge in [-0.15, -0.1) is 0 Å². The van der Waals surface area contributed by atoms with Crippen LogP contribution in [0.5, 0.6) is 0 Å². The molecule has 0 spiro atoms. The highest BCUT2D eigenvalue weighted by Crippen LogP contribution is 2.40. The van der Waals surface area contributed by atoms with Crippen molar-refractivity contribution in [1.82, 2.24) is 15.2 Å². The summed E-state index contributed by atoms with van der Waals surface area (Å²) in [7, 11) is 1.64. The second kappa shape index (κ2) is 8.64. The van der Waals surface area contributed by atoms with Gasteiger partial charge in [0.25, 0.3) is 0 Å². The van der Waals surface area contributed by atoms with Gasteiger partial charge in [0.05, 0.1) is 23.9 Å². The predicted molar refractivity (Wildman–Crippen MR) is 115 cm³/mol. The number of pyridine rings is 1. The summed E-state index contributed by atoms with van der Waals surface area (Å²) < 4.78 is 11.4. The average Bonchev–Trinajstić information content (AvgIpc) is 3.37. The van der Waals surface area contributed by atoms with Crippen LogP contribution in [0.1, 0.15) is 33.9 Å². The number of furan rings is 1. The number of nitrogens with one attached hydrogen (secondary N) is 1. The summed E-state index contributed by atoms with van der Waals surface area (Å²) in [5, 5.41) is 13.4. The van der Waals surface area contributed by atoms with Gasteiger partial charge in [0.2, 0.25) is 0 Å². The normalized spacial score (nSPS) is 18.4. The third kappa shape index (κ3) is 3.79. The number of rotatable bonds is 7. The third-order valence-corrected chi connectivity index (χ3v) is 5.43. The highest BCUT2D eigenvalue weighted by atomic mass is 32.1. The SMILES string of the molecule is COCCN1C(=S)N[C@H](c2ccccn2)[C@@H]1c1ccc(-c2ccccc2C(=O)O)o1. The van der Waals surface area contributed by atoms with Gasteiger partial charge in [0.15, 0.2) is 5.11 Å². The van der Waals surface area contributed by atoms with E-state index in [-0.39, 0.29) is 17.6 Å². The van der Waals surface area contributed by atoms with Crippen LogP contribution in [0.2, 0.25) is 0 Å². The highest BCUT2D eigenvalue weighted by molar-refractivity contribution is 7.80. The van der Waals surface area contributed by atoms with Crippen molar-refractivity contribution in [3.8, 4) is 11.3 Å². The Morgan fingerprint density at radius 3 is 2.77 bits per heavy atom. The summed E-state index contributed by atoms with van der Waals surface area (Å²) in [5.41, 5.74) is 1.56. The van der Waals surface area contributed by atoms with Gasteiger partial charge in [0.1, 0.15) is 17.6 Å². The molecule has 7 nitrogen and oxygen atoms in total. The van der Waals surface area contributed by atoms with E-state index in [1.165, 1.54) is 0 Å². The predicted octanol–water partition coefficient (Wildman–Crippen LogP) is 3.66. The molecule has 0 amide bonds. The molecular formula is C22H21N3O4S. The molecule has 3 aromatic rings. The highest BCUT2D eigenvalue weighted by Gasteiger charge is 2.41. The Morgan fingerprint density at radius 1 is 1.23 bits per heavy atom. The smallest absolute Gasteiger partial charge is 0.336 e. The number of aromatic nitrogens is 1. The zero-order valence-corrected chi connectivity index (χ0v) is 17.1. The van der Waals surface area contributed by atoms with E-state index in [0.717, 1.165) is 5.69 Å². The topological polar surface area (TPSA) is 87.8 Å². The fourth-order valence-electron chi connectivity index (χ4n) is 3.69. The summed E-state index contributed by atoms with van der Waals surface area (Å²) in [6, 6.07) is 15.7. The summed E-state index contributed by atoms with van der Waals surface area (Å²) in [4.78, 5) is 18.1. The molecule has 8 heteroatoms. The number of thiocarbonyl (C=S) groups is 1. The van der Waals surface area contributed by atoms with Crippen molar-refractivity contribution < 1.29 is 19.1 Å². The second-order valence-corrected chi connectivity index (χ2v) is 7.25. The van der Waals surface area contributed by atoms with Crippen molar-refractivity contribution in [2.45, 2.75) is 12.1 Å². The molecule has 0 bridgehead atoms. The van der Waals surface area contributed by atoms with E-state index in [0.29, 0.717) is 35.3 Å². The number of carbonyl (C=O) groups is 1. The lowest BCUT2D eigenvalue weighted by Gasteiger charge is -2.25. The van der Waals surface area contributed by atoms with Gasteiger partial charge in [-0.05, 0) is 42.5 Å². The van der Waals surface area contributed by atoms with Crippen LogP contribution in [0.15, 0.2) is 65.2 Å². The zero-order valence-electron chi connectivity index (χ0n) is 16.3. The van der Waals surface area contributed by atoms with Crippen LogP contribution in [-0.4, -0.2) is 46.3 Å². The molecule has 154 valence electrons. The molecule has 1 saturated heterocycles. The first-order chi connectivity index (χ1) is 14.6. The Labute approximate surface area is 179 Å². The number of carboxylic acid groups (broad SMARTS) is 1. The third-order valence-electron chi connectivity index (χ3n) is 5.08. The molecule has 0 radical (unpaired) electrons. The van der Waals surface area contributed by atoms with Crippen LogP contribution < -0.4 is 5.32 Å². The summed E-state index contributed by atoms with van der Waals surface area (Å²) in [5.74, 6) is 0.164. The molecule has 0 unspecified atom stereocenters. The molecule has 1 aromatic carbocycles. The van der Waals surface area contributed by atoms with Crippen LogP contribution in [0.25, 0.3) is 11.3 Å². The number of hydrogen-bond acceptors (Lipinski definition) is 5. The van der Waals surface area contributed by atoms with Crippen molar-refractivity contribution in [2.24, 2.45) is 0 Å². The monoisotopic (exact) mass is 423 g/mol. The minimum Gasteiger partial charge on any atom is -0.478 e. The van der Waals surface area contributed by atoms with E-state index in [4.69, 9.17) is 21.4 Å². The number of methoxy groups -OCH3 is 1. The maximum absolute atomic E-state index is 11.6. The molecular weight excluding hydrogens is 402 g/mol. The summed E-state index contributed by atoms with van der Waals surface area (Å²) >= 11 is 5.58. The molecule has 1 fully saturated rings. The van der Waals surface area contributed by atoms with E-state index in [9.17, 15) is 9.90 Å². The number of aromatic carboxylic acids is 1. The number of carboxylic acids is 1. The standard InChI is InChI=1S/C22H21N3O4S/c1-28-13-12-25-20(19(24-22(25)30)16-8-4-5-11-23-16)18-10-9-17(29-18)14-6-2-3-7-15(14)21(26)27/h2-11,19-20H,12-13H2,1H3,(H,24,30)(H,26,27)/t19-,20+/m1/s1.